The number of hydrogen-bond donors (Lipinski definition) is 1. The van der Waals surface area contributed by atoms with Crippen molar-refractivity contribution in [3.05, 3.63) is 70.9 Å². The highest BCUT2D eigenvalue weighted by Crippen LogP contribution is 2.40. The summed E-state index contributed by atoms with van der Waals surface area (Å²) in [5.74, 6) is -0.280. The lowest BCUT2D eigenvalue weighted by molar-refractivity contribution is 0.102. The Morgan fingerprint density at radius 2 is 1.97 bits per heavy atom. The molecule has 8 nitrogen and oxygen atoms in total. The lowest BCUT2D eigenvalue weighted by Gasteiger charge is -2.06. The fourth-order valence-electron chi connectivity index (χ4n) is 3.35. The Labute approximate surface area is 175 Å². The Hall–Kier alpha value is -3.69. The average molecular weight is 423 g/mol. The molecule has 10 heteroatoms. The molecule has 158 valence electrons. The molecule has 1 aliphatic rings. The highest BCUT2D eigenvalue weighted by atomic mass is 19.3. The van der Waals surface area contributed by atoms with E-state index in [9.17, 15) is 13.6 Å². The van der Waals surface area contributed by atoms with Crippen molar-refractivity contribution >= 4 is 17.5 Å². The summed E-state index contributed by atoms with van der Waals surface area (Å²) in [6.07, 6.45) is 0.657. The maximum atomic E-state index is 13.5. The second-order valence-electron chi connectivity index (χ2n) is 7.69. The number of fused-ring (bicyclic) bond motifs is 1. The van der Waals surface area contributed by atoms with Crippen molar-refractivity contribution in [1.82, 2.24) is 29.4 Å². The van der Waals surface area contributed by atoms with Crippen LogP contribution in [-0.4, -0.2) is 35.3 Å². The minimum absolute atomic E-state index is 0.0303. The number of benzene rings is 1. The quantitative estimate of drug-likeness (QED) is 0.510. The van der Waals surface area contributed by atoms with Gasteiger partial charge >= 0.3 is 0 Å². The van der Waals surface area contributed by atoms with E-state index in [4.69, 9.17) is 0 Å². The molecule has 1 aliphatic carbocycles. The molecule has 3 aromatic heterocycles. The van der Waals surface area contributed by atoms with Crippen molar-refractivity contribution in [1.29, 1.82) is 0 Å². The van der Waals surface area contributed by atoms with Crippen LogP contribution in [-0.2, 0) is 6.54 Å². The second-order valence-corrected chi connectivity index (χ2v) is 7.69. The zero-order valence-corrected chi connectivity index (χ0v) is 16.7. The highest BCUT2D eigenvalue weighted by Gasteiger charge is 2.28. The lowest BCUT2D eigenvalue weighted by atomic mass is 10.1. The van der Waals surface area contributed by atoms with Crippen molar-refractivity contribution in [2.45, 2.75) is 38.7 Å². The summed E-state index contributed by atoms with van der Waals surface area (Å²) in [5.41, 5.74) is 2.75. The predicted molar refractivity (Wildman–Crippen MR) is 108 cm³/mol. The molecule has 0 aliphatic heterocycles. The number of aryl methyl sites for hydroxylation is 1. The average Bonchev–Trinajstić information content (AvgIpc) is 3.36. The molecular weight excluding hydrogens is 404 g/mol. The summed E-state index contributed by atoms with van der Waals surface area (Å²) in [5, 5.41) is 10.8. The summed E-state index contributed by atoms with van der Waals surface area (Å²) >= 11 is 0. The molecule has 0 radical (unpaired) electrons. The fraction of sp³-hybridized carbons (Fsp3) is 0.286. The molecular formula is C21H19F2N7O. The third-order valence-electron chi connectivity index (χ3n) is 5.15. The number of nitrogens with one attached hydrogen (secondary N) is 1. The predicted octanol–water partition coefficient (Wildman–Crippen LogP) is 3.74. The number of nitrogens with zero attached hydrogens (tertiary/aromatic N) is 6. The molecule has 1 N–H and O–H groups in total. The number of carbonyl (C=O) groups is 1. The Bertz CT molecular complexity index is 1260. The van der Waals surface area contributed by atoms with Crippen LogP contribution in [0, 0.1) is 6.92 Å². The van der Waals surface area contributed by atoms with Crippen LogP contribution >= 0.6 is 0 Å². The molecule has 0 atom stereocenters. The van der Waals surface area contributed by atoms with Gasteiger partial charge in [0.1, 0.15) is 12.0 Å². The van der Waals surface area contributed by atoms with Crippen molar-refractivity contribution in [2.75, 3.05) is 5.32 Å². The first-order valence-electron chi connectivity index (χ1n) is 9.91. The van der Waals surface area contributed by atoms with Crippen molar-refractivity contribution in [2.24, 2.45) is 0 Å². The van der Waals surface area contributed by atoms with Gasteiger partial charge in [0.05, 0.1) is 6.54 Å². The standard InChI is InChI=1S/C21H19F2N7O/c1-12-2-4-13(5-3-12)10-29-11-24-21(28-29)26-20(31)16-9-18-25-15(14-6-7-14)8-17(19(22)23)30(18)27-16/h2-5,8-9,11,14,19H,6-7,10H2,1H3,(H,26,28,31). The summed E-state index contributed by atoms with van der Waals surface area (Å²) in [4.78, 5) is 21.1. The number of alkyl halides is 2. The third-order valence-corrected chi connectivity index (χ3v) is 5.15. The van der Waals surface area contributed by atoms with Gasteiger partial charge in [-0.3, -0.25) is 10.1 Å². The molecule has 0 bridgehead atoms. The van der Waals surface area contributed by atoms with Gasteiger partial charge < -0.3 is 0 Å². The molecule has 1 fully saturated rings. The van der Waals surface area contributed by atoms with E-state index in [1.54, 1.807) is 4.68 Å². The van der Waals surface area contributed by atoms with Crippen LogP contribution in [0.5, 0.6) is 0 Å². The SMILES string of the molecule is Cc1ccc(Cn2cnc(NC(=O)c3cc4nc(C5CC5)cc(C(F)F)n4n3)n2)cc1. The maximum Gasteiger partial charge on any atom is 0.280 e. The van der Waals surface area contributed by atoms with Crippen LogP contribution in [0.25, 0.3) is 5.65 Å². The number of carbonyl (C=O) groups excluding carboxylic acids is 1. The summed E-state index contributed by atoms with van der Waals surface area (Å²) < 4.78 is 29.6. The third kappa shape index (κ3) is 4.00. The van der Waals surface area contributed by atoms with Gasteiger partial charge in [0.15, 0.2) is 11.3 Å². The summed E-state index contributed by atoms with van der Waals surface area (Å²) in [6, 6.07) is 10.8. The van der Waals surface area contributed by atoms with Crippen molar-refractivity contribution < 1.29 is 13.6 Å². The topological polar surface area (TPSA) is 90.0 Å². The van der Waals surface area contributed by atoms with Gasteiger partial charge in [-0.2, -0.15) is 5.10 Å². The van der Waals surface area contributed by atoms with E-state index >= 15 is 0 Å². The zero-order chi connectivity index (χ0) is 21.5. The lowest BCUT2D eigenvalue weighted by Crippen LogP contribution is -2.14. The summed E-state index contributed by atoms with van der Waals surface area (Å²) in [6.45, 7) is 2.52. The Morgan fingerprint density at radius 3 is 2.68 bits per heavy atom. The normalized spacial score (nSPS) is 13.8. The van der Waals surface area contributed by atoms with E-state index < -0.39 is 12.3 Å². The highest BCUT2D eigenvalue weighted by molar-refractivity contribution is 6.02. The van der Waals surface area contributed by atoms with Gasteiger partial charge in [0.25, 0.3) is 12.3 Å². The van der Waals surface area contributed by atoms with Gasteiger partial charge in [-0.1, -0.05) is 29.8 Å². The van der Waals surface area contributed by atoms with Gasteiger partial charge in [0, 0.05) is 17.7 Å². The van der Waals surface area contributed by atoms with E-state index in [0.717, 1.165) is 28.5 Å². The largest absolute Gasteiger partial charge is 0.288 e. The Morgan fingerprint density at radius 1 is 1.19 bits per heavy atom. The molecule has 4 aromatic rings. The van der Waals surface area contributed by atoms with Gasteiger partial charge in [-0.25, -0.2) is 27.9 Å². The van der Waals surface area contributed by atoms with Crippen LogP contribution in [0.1, 0.15) is 58.2 Å². The molecule has 5 rings (SSSR count). The van der Waals surface area contributed by atoms with E-state index in [1.807, 2.05) is 31.2 Å². The molecule has 0 unspecified atom stereocenters. The zero-order valence-electron chi connectivity index (χ0n) is 16.7. The molecule has 0 saturated heterocycles. The van der Waals surface area contributed by atoms with Crippen LogP contribution in [0.3, 0.4) is 0 Å². The molecule has 1 aromatic carbocycles. The van der Waals surface area contributed by atoms with Gasteiger partial charge in [0.2, 0.25) is 5.95 Å². The maximum absolute atomic E-state index is 13.5. The smallest absolute Gasteiger partial charge is 0.280 e. The number of aromatic nitrogens is 6. The number of halogens is 2. The minimum Gasteiger partial charge on any atom is -0.288 e. The van der Waals surface area contributed by atoms with Crippen LogP contribution in [0.15, 0.2) is 42.7 Å². The van der Waals surface area contributed by atoms with Crippen LogP contribution in [0.4, 0.5) is 14.7 Å². The van der Waals surface area contributed by atoms with Gasteiger partial charge in [-0.15, -0.1) is 5.10 Å². The molecule has 31 heavy (non-hydrogen) atoms. The molecule has 0 spiro atoms. The van der Waals surface area contributed by atoms with Crippen molar-refractivity contribution in [3.8, 4) is 0 Å². The minimum atomic E-state index is -2.72. The van der Waals surface area contributed by atoms with Gasteiger partial charge in [-0.05, 0) is 31.4 Å². The van der Waals surface area contributed by atoms with E-state index in [2.05, 4.69) is 25.5 Å². The number of hydrogen-bond acceptors (Lipinski definition) is 5. The number of rotatable bonds is 6. The Kier molecular flexibility index (Phi) is 4.68. The first-order valence-corrected chi connectivity index (χ1v) is 9.91. The fourth-order valence-corrected chi connectivity index (χ4v) is 3.35. The first-order chi connectivity index (χ1) is 15.0. The molecule has 1 saturated carbocycles. The number of anilines is 1. The first kappa shape index (κ1) is 19.3. The van der Waals surface area contributed by atoms with Crippen molar-refractivity contribution in [3.63, 3.8) is 0 Å². The monoisotopic (exact) mass is 423 g/mol. The van der Waals surface area contributed by atoms with Crippen LogP contribution in [0.2, 0.25) is 0 Å². The van der Waals surface area contributed by atoms with Crippen LogP contribution < -0.4 is 5.32 Å². The Balaban J connectivity index is 1.35. The van der Waals surface area contributed by atoms with E-state index in [1.165, 1.54) is 18.5 Å². The molecule has 1 amide bonds. The summed E-state index contributed by atoms with van der Waals surface area (Å²) in [7, 11) is 0. The molecule has 3 heterocycles. The number of amides is 1. The van der Waals surface area contributed by atoms with E-state index in [0.29, 0.717) is 12.2 Å². The van der Waals surface area contributed by atoms with E-state index in [-0.39, 0.29) is 28.9 Å². The second kappa shape index (κ2) is 7.53.